The molecule has 0 saturated carbocycles. The summed E-state index contributed by atoms with van der Waals surface area (Å²) < 4.78 is 16.0. The van der Waals surface area contributed by atoms with Crippen LogP contribution in [0.25, 0.3) is 22.3 Å². The highest BCUT2D eigenvalue weighted by atomic mass is 35.5. The quantitative estimate of drug-likeness (QED) is 0.675. The summed E-state index contributed by atoms with van der Waals surface area (Å²) in [7, 11) is 1.83. The Morgan fingerprint density at radius 3 is 2.85 bits per heavy atom. The van der Waals surface area contributed by atoms with Crippen molar-refractivity contribution in [1.29, 1.82) is 0 Å². The number of benzene rings is 1. The molecule has 1 unspecified atom stereocenters. The first kappa shape index (κ1) is 18.2. The van der Waals surface area contributed by atoms with Crippen molar-refractivity contribution < 1.29 is 9.50 Å². The molecule has 3 aromatic rings. The lowest BCUT2D eigenvalue weighted by Gasteiger charge is -2.32. The van der Waals surface area contributed by atoms with Gasteiger partial charge in [-0.05, 0) is 62.6 Å². The highest BCUT2D eigenvalue weighted by Crippen LogP contribution is 2.35. The van der Waals surface area contributed by atoms with Gasteiger partial charge in [-0.2, -0.15) is 0 Å². The second-order valence-corrected chi connectivity index (χ2v) is 7.84. The van der Waals surface area contributed by atoms with Gasteiger partial charge in [0.1, 0.15) is 5.75 Å². The van der Waals surface area contributed by atoms with E-state index in [4.69, 9.17) is 11.6 Å². The van der Waals surface area contributed by atoms with Crippen molar-refractivity contribution in [2.24, 2.45) is 5.92 Å². The molecule has 1 aromatic carbocycles. The van der Waals surface area contributed by atoms with Gasteiger partial charge in [-0.15, -0.1) is 10.2 Å². The van der Waals surface area contributed by atoms with E-state index in [2.05, 4.69) is 10.2 Å². The molecule has 4 rings (SSSR count). The topological polar surface area (TPSA) is 54.2 Å². The molecule has 1 saturated heterocycles. The molecular weight excluding hydrogens is 367 g/mol. The van der Waals surface area contributed by atoms with Gasteiger partial charge in [-0.1, -0.05) is 11.6 Å². The predicted octanol–water partition coefficient (Wildman–Crippen LogP) is 4.40. The number of phenolic OH excluding ortho intramolecular Hbond substituents is 1. The van der Waals surface area contributed by atoms with E-state index >= 15 is 0 Å². The van der Waals surface area contributed by atoms with E-state index in [0.29, 0.717) is 22.7 Å². The van der Waals surface area contributed by atoms with Crippen LogP contribution in [0.1, 0.15) is 18.4 Å². The standard InChI is InChI=1S/C20H22ClFN4O/c1-12-7-15(21)10-17(27)19(12)16-9-14-4-6-26(20(14)24-23-16)11-13-3-5-25(2)18(22)8-13/h4,6-7,9-10,13,18,27H,3,5,8,11H2,1-2H3/t13?,18-/m1/s1. The van der Waals surface area contributed by atoms with Crippen molar-refractivity contribution in [3.05, 3.63) is 41.0 Å². The van der Waals surface area contributed by atoms with Crippen LogP contribution in [0.5, 0.6) is 5.75 Å². The fourth-order valence-corrected chi connectivity index (χ4v) is 4.12. The molecule has 1 N–H and O–H groups in total. The minimum Gasteiger partial charge on any atom is -0.507 e. The van der Waals surface area contributed by atoms with Crippen molar-refractivity contribution in [2.45, 2.75) is 32.6 Å². The summed E-state index contributed by atoms with van der Waals surface area (Å²) in [6.45, 7) is 3.39. The second kappa shape index (κ2) is 7.09. The Hall–Kier alpha value is -2.18. The van der Waals surface area contributed by atoms with Crippen molar-refractivity contribution in [1.82, 2.24) is 19.7 Å². The van der Waals surface area contributed by atoms with E-state index in [1.54, 1.807) is 11.0 Å². The van der Waals surface area contributed by atoms with Gasteiger partial charge in [0.15, 0.2) is 11.9 Å². The SMILES string of the molecule is Cc1cc(Cl)cc(O)c1-c1cc2ccn(CC3CCN(C)[C@@H](F)C3)c2nn1. The number of alkyl halides is 1. The van der Waals surface area contributed by atoms with E-state index in [0.717, 1.165) is 36.1 Å². The normalized spacial score (nSPS) is 21.0. The zero-order valence-corrected chi connectivity index (χ0v) is 16.1. The first-order valence-corrected chi connectivity index (χ1v) is 9.46. The maximum atomic E-state index is 14.0. The number of halogens is 2. The molecule has 142 valence electrons. The molecule has 2 aromatic heterocycles. The minimum absolute atomic E-state index is 0.0911. The van der Waals surface area contributed by atoms with Gasteiger partial charge in [-0.25, -0.2) is 4.39 Å². The number of phenols is 1. The second-order valence-electron chi connectivity index (χ2n) is 7.40. The summed E-state index contributed by atoms with van der Waals surface area (Å²) in [5.74, 6) is 0.379. The third kappa shape index (κ3) is 3.51. The smallest absolute Gasteiger partial charge is 0.162 e. The number of piperidine rings is 1. The first-order chi connectivity index (χ1) is 12.9. The van der Waals surface area contributed by atoms with E-state index in [1.807, 2.05) is 36.9 Å². The molecule has 27 heavy (non-hydrogen) atoms. The summed E-state index contributed by atoms with van der Waals surface area (Å²) in [5.41, 5.74) is 2.86. The van der Waals surface area contributed by atoms with Gasteiger partial charge in [-0.3, -0.25) is 4.90 Å². The fraction of sp³-hybridized carbons (Fsp3) is 0.400. The predicted molar refractivity (Wildman–Crippen MR) is 105 cm³/mol. The van der Waals surface area contributed by atoms with Crippen LogP contribution in [0.4, 0.5) is 4.39 Å². The third-order valence-electron chi connectivity index (χ3n) is 5.40. The van der Waals surface area contributed by atoms with Crippen LogP contribution >= 0.6 is 11.6 Å². The maximum absolute atomic E-state index is 14.0. The number of aromatic nitrogens is 3. The van der Waals surface area contributed by atoms with Crippen molar-refractivity contribution in [3.8, 4) is 17.0 Å². The van der Waals surface area contributed by atoms with Crippen LogP contribution in [0.2, 0.25) is 5.02 Å². The molecule has 1 aliphatic heterocycles. The van der Waals surface area contributed by atoms with E-state index in [-0.39, 0.29) is 11.7 Å². The Labute approximate surface area is 162 Å². The van der Waals surface area contributed by atoms with Crippen LogP contribution in [0, 0.1) is 12.8 Å². The van der Waals surface area contributed by atoms with Gasteiger partial charge in [0.2, 0.25) is 0 Å². The molecule has 2 atom stereocenters. The van der Waals surface area contributed by atoms with E-state index in [9.17, 15) is 9.50 Å². The van der Waals surface area contributed by atoms with Gasteiger partial charge in [0.25, 0.3) is 0 Å². The largest absolute Gasteiger partial charge is 0.507 e. The van der Waals surface area contributed by atoms with E-state index < -0.39 is 6.30 Å². The van der Waals surface area contributed by atoms with Gasteiger partial charge in [0.05, 0.1) is 5.69 Å². The van der Waals surface area contributed by atoms with Crippen molar-refractivity contribution >= 4 is 22.6 Å². The maximum Gasteiger partial charge on any atom is 0.162 e. The van der Waals surface area contributed by atoms with Crippen LogP contribution in [-0.2, 0) is 6.54 Å². The lowest BCUT2D eigenvalue weighted by Crippen LogP contribution is -2.38. The van der Waals surface area contributed by atoms with Gasteiger partial charge in [0, 0.05) is 35.3 Å². The molecule has 0 amide bonds. The highest BCUT2D eigenvalue weighted by molar-refractivity contribution is 6.31. The Bertz CT molecular complexity index is 966. The number of fused-ring (bicyclic) bond motifs is 1. The number of hydrogen-bond donors (Lipinski definition) is 1. The van der Waals surface area contributed by atoms with E-state index in [1.165, 1.54) is 6.07 Å². The van der Waals surface area contributed by atoms with Crippen LogP contribution in [0.3, 0.4) is 0 Å². The molecule has 1 aliphatic rings. The molecular formula is C20H22ClFN4O. The summed E-state index contributed by atoms with van der Waals surface area (Å²) in [4.78, 5) is 1.76. The number of hydrogen-bond acceptors (Lipinski definition) is 4. The van der Waals surface area contributed by atoms with Crippen LogP contribution < -0.4 is 0 Å². The molecule has 3 heterocycles. The third-order valence-corrected chi connectivity index (χ3v) is 5.61. The summed E-state index contributed by atoms with van der Waals surface area (Å²) >= 11 is 5.99. The van der Waals surface area contributed by atoms with Crippen LogP contribution in [0.15, 0.2) is 30.5 Å². The van der Waals surface area contributed by atoms with Crippen molar-refractivity contribution in [2.75, 3.05) is 13.6 Å². The minimum atomic E-state index is -0.876. The van der Waals surface area contributed by atoms with Gasteiger partial charge < -0.3 is 9.67 Å². The zero-order valence-electron chi connectivity index (χ0n) is 15.4. The van der Waals surface area contributed by atoms with Crippen LogP contribution in [-0.4, -0.2) is 44.7 Å². The summed E-state index contributed by atoms with van der Waals surface area (Å²) in [5, 5.41) is 20.4. The molecule has 0 bridgehead atoms. The highest BCUT2D eigenvalue weighted by Gasteiger charge is 2.26. The Kier molecular flexibility index (Phi) is 4.78. The Balaban J connectivity index is 1.63. The number of nitrogens with zero attached hydrogens (tertiary/aromatic N) is 4. The molecule has 1 fully saturated rings. The molecule has 7 heteroatoms. The number of rotatable bonds is 3. The molecule has 5 nitrogen and oxygen atoms in total. The molecule has 0 spiro atoms. The number of likely N-dealkylation sites (tertiary alicyclic amines) is 1. The monoisotopic (exact) mass is 388 g/mol. The summed E-state index contributed by atoms with van der Waals surface area (Å²) in [6.07, 6.45) is 2.61. The fourth-order valence-electron chi connectivity index (χ4n) is 3.86. The summed E-state index contributed by atoms with van der Waals surface area (Å²) in [6, 6.07) is 7.20. The first-order valence-electron chi connectivity index (χ1n) is 9.08. The lowest BCUT2D eigenvalue weighted by atomic mass is 9.96. The number of aromatic hydroxyl groups is 1. The Morgan fingerprint density at radius 1 is 1.30 bits per heavy atom. The number of aryl methyl sites for hydroxylation is 1. The molecule has 0 radical (unpaired) electrons. The Morgan fingerprint density at radius 2 is 2.11 bits per heavy atom. The average molecular weight is 389 g/mol. The lowest BCUT2D eigenvalue weighted by molar-refractivity contribution is 0.0386. The molecule has 0 aliphatic carbocycles. The van der Waals surface area contributed by atoms with Crippen molar-refractivity contribution in [3.63, 3.8) is 0 Å². The van der Waals surface area contributed by atoms with Gasteiger partial charge >= 0.3 is 0 Å². The zero-order chi connectivity index (χ0) is 19.1. The average Bonchev–Trinajstić information content (AvgIpc) is 2.99.